The van der Waals surface area contributed by atoms with Crippen molar-refractivity contribution < 1.29 is 14.2 Å². The molecule has 1 aliphatic heterocycles. The second-order valence-corrected chi connectivity index (χ2v) is 4.83. The first-order valence-corrected chi connectivity index (χ1v) is 6.42. The van der Waals surface area contributed by atoms with E-state index in [1.807, 2.05) is 13.0 Å². The van der Waals surface area contributed by atoms with E-state index in [2.05, 4.69) is 11.8 Å². The van der Waals surface area contributed by atoms with Gasteiger partial charge in [0.25, 0.3) is 0 Å². The predicted molar refractivity (Wildman–Crippen MR) is 69.2 cm³/mol. The van der Waals surface area contributed by atoms with Crippen molar-refractivity contribution in [1.29, 1.82) is 0 Å². The number of aliphatic hydroxyl groups is 1. The van der Waals surface area contributed by atoms with Gasteiger partial charge in [-0.3, -0.25) is 0 Å². The quantitative estimate of drug-likeness (QED) is 0.897. The number of ether oxygens (including phenoxy) is 1. The first-order chi connectivity index (χ1) is 8.63. The summed E-state index contributed by atoms with van der Waals surface area (Å²) in [7, 11) is 0. The van der Waals surface area contributed by atoms with E-state index in [-0.39, 0.29) is 24.6 Å². The minimum atomic E-state index is -0.300. The van der Waals surface area contributed by atoms with Crippen molar-refractivity contribution in [2.75, 3.05) is 18.1 Å². The highest BCUT2D eigenvalue weighted by atomic mass is 19.1. The van der Waals surface area contributed by atoms with Gasteiger partial charge in [0.15, 0.2) is 0 Å². The predicted octanol–water partition coefficient (Wildman–Crippen LogP) is 2.32. The molecule has 0 bridgehead atoms. The molecule has 0 radical (unpaired) electrons. The van der Waals surface area contributed by atoms with Crippen LogP contribution in [0, 0.1) is 5.82 Å². The van der Waals surface area contributed by atoms with Gasteiger partial charge in [0.05, 0.1) is 25.4 Å². The van der Waals surface area contributed by atoms with Crippen molar-refractivity contribution in [3.8, 4) is 0 Å². The molecule has 2 unspecified atom stereocenters. The van der Waals surface area contributed by atoms with Crippen LogP contribution in [-0.2, 0) is 11.3 Å². The van der Waals surface area contributed by atoms with Gasteiger partial charge in [0.2, 0.25) is 0 Å². The summed E-state index contributed by atoms with van der Waals surface area (Å²) in [5, 5.41) is 9.15. The molecule has 1 saturated heterocycles. The number of nitrogens with zero attached hydrogens (tertiary/aromatic N) is 1. The lowest BCUT2D eigenvalue weighted by atomic mass is 10.1. The molecule has 100 valence electrons. The van der Waals surface area contributed by atoms with Crippen LogP contribution in [0.2, 0.25) is 0 Å². The molecule has 2 atom stereocenters. The van der Waals surface area contributed by atoms with Gasteiger partial charge < -0.3 is 14.7 Å². The number of benzene rings is 1. The fourth-order valence-electron chi connectivity index (χ4n) is 2.39. The molecular weight excluding hydrogens is 233 g/mol. The molecule has 1 fully saturated rings. The monoisotopic (exact) mass is 253 g/mol. The van der Waals surface area contributed by atoms with Crippen LogP contribution in [0.5, 0.6) is 0 Å². The van der Waals surface area contributed by atoms with Crippen molar-refractivity contribution in [1.82, 2.24) is 0 Å². The average molecular weight is 253 g/mol. The number of rotatable bonds is 3. The zero-order chi connectivity index (χ0) is 13.1. The van der Waals surface area contributed by atoms with Crippen molar-refractivity contribution in [3.05, 3.63) is 29.6 Å². The molecule has 2 rings (SSSR count). The minimum Gasteiger partial charge on any atom is -0.392 e. The summed E-state index contributed by atoms with van der Waals surface area (Å²) in [5.41, 5.74) is 1.44. The Morgan fingerprint density at radius 3 is 2.89 bits per heavy atom. The summed E-state index contributed by atoms with van der Waals surface area (Å²) < 4.78 is 19.2. The Hall–Kier alpha value is -1.13. The van der Waals surface area contributed by atoms with Gasteiger partial charge in [-0.05, 0) is 37.1 Å². The number of hydrogen-bond acceptors (Lipinski definition) is 3. The lowest BCUT2D eigenvalue weighted by Crippen LogP contribution is -2.48. The van der Waals surface area contributed by atoms with E-state index in [1.54, 1.807) is 0 Å². The number of morpholine rings is 1. The molecule has 1 aromatic rings. The fraction of sp³-hybridized carbons (Fsp3) is 0.571. The van der Waals surface area contributed by atoms with Gasteiger partial charge in [-0.15, -0.1) is 0 Å². The summed E-state index contributed by atoms with van der Waals surface area (Å²) in [6.07, 6.45) is 1.10. The summed E-state index contributed by atoms with van der Waals surface area (Å²) in [5.74, 6) is -0.300. The van der Waals surface area contributed by atoms with Gasteiger partial charge in [-0.2, -0.15) is 0 Å². The summed E-state index contributed by atoms with van der Waals surface area (Å²) >= 11 is 0. The third-order valence-corrected chi connectivity index (χ3v) is 3.40. The summed E-state index contributed by atoms with van der Waals surface area (Å²) in [6.45, 7) is 5.41. The summed E-state index contributed by atoms with van der Waals surface area (Å²) in [4.78, 5) is 2.18. The molecule has 0 aromatic heterocycles. The molecule has 0 saturated carbocycles. The van der Waals surface area contributed by atoms with Crippen molar-refractivity contribution >= 4 is 5.69 Å². The Kier molecular flexibility index (Phi) is 4.19. The third-order valence-electron chi connectivity index (χ3n) is 3.40. The maximum Gasteiger partial charge on any atom is 0.125 e. The fourth-order valence-corrected chi connectivity index (χ4v) is 2.39. The van der Waals surface area contributed by atoms with Gasteiger partial charge in [0, 0.05) is 12.2 Å². The summed E-state index contributed by atoms with van der Waals surface area (Å²) in [6, 6.07) is 5.02. The number of anilines is 1. The van der Waals surface area contributed by atoms with Gasteiger partial charge in [-0.25, -0.2) is 4.39 Å². The topological polar surface area (TPSA) is 32.7 Å². The molecule has 1 aromatic carbocycles. The van der Waals surface area contributed by atoms with Gasteiger partial charge in [0.1, 0.15) is 5.82 Å². The third kappa shape index (κ3) is 2.82. The standard InChI is InChI=1S/C14H20FNO2/c1-3-13-9-18-10(2)7-16(13)14-5-11(8-17)4-12(15)6-14/h4-6,10,13,17H,3,7-9H2,1-2H3. The van der Waals surface area contributed by atoms with Crippen LogP contribution in [0.3, 0.4) is 0 Å². The molecule has 1 N–H and O–H groups in total. The van der Waals surface area contributed by atoms with Crippen molar-refractivity contribution in [2.24, 2.45) is 0 Å². The Labute approximate surface area is 107 Å². The highest BCUT2D eigenvalue weighted by Crippen LogP contribution is 2.25. The van der Waals surface area contributed by atoms with E-state index in [4.69, 9.17) is 9.84 Å². The smallest absolute Gasteiger partial charge is 0.125 e. The normalized spacial score (nSPS) is 24.3. The highest BCUT2D eigenvalue weighted by molar-refractivity contribution is 5.50. The van der Waals surface area contributed by atoms with Gasteiger partial charge >= 0.3 is 0 Å². The Bertz CT molecular complexity index is 411. The van der Waals surface area contributed by atoms with E-state index >= 15 is 0 Å². The van der Waals surface area contributed by atoms with Crippen LogP contribution in [0.15, 0.2) is 18.2 Å². The molecule has 0 spiro atoms. The largest absolute Gasteiger partial charge is 0.392 e. The van der Waals surface area contributed by atoms with Crippen LogP contribution in [0.1, 0.15) is 25.8 Å². The van der Waals surface area contributed by atoms with Crippen LogP contribution in [-0.4, -0.2) is 30.4 Å². The molecule has 4 heteroatoms. The van der Waals surface area contributed by atoms with E-state index in [9.17, 15) is 4.39 Å². The van der Waals surface area contributed by atoms with E-state index < -0.39 is 0 Å². The molecule has 18 heavy (non-hydrogen) atoms. The molecule has 0 aliphatic carbocycles. The molecular formula is C14H20FNO2. The second-order valence-electron chi connectivity index (χ2n) is 4.83. The Morgan fingerprint density at radius 1 is 1.44 bits per heavy atom. The number of halogens is 1. The Morgan fingerprint density at radius 2 is 2.22 bits per heavy atom. The lowest BCUT2D eigenvalue weighted by molar-refractivity contribution is 0.0299. The van der Waals surface area contributed by atoms with E-state index in [1.165, 1.54) is 12.1 Å². The maximum atomic E-state index is 13.5. The first-order valence-electron chi connectivity index (χ1n) is 6.42. The van der Waals surface area contributed by atoms with E-state index in [0.29, 0.717) is 12.2 Å². The molecule has 1 heterocycles. The number of hydrogen-bond donors (Lipinski definition) is 1. The Balaban J connectivity index is 2.29. The first kappa shape index (κ1) is 13.3. The van der Waals surface area contributed by atoms with Crippen LogP contribution < -0.4 is 4.90 Å². The lowest BCUT2D eigenvalue weighted by Gasteiger charge is -2.40. The maximum absolute atomic E-state index is 13.5. The second kappa shape index (κ2) is 5.67. The molecule has 1 aliphatic rings. The van der Waals surface area contributed by atoms with E-state index in [0.717, 1.165) is 18.7 Å². The number of aliphatic hydroxyl groups excluding tert-OH is 1. The van der Waals surface area contributed by atoms with Gasteiger partial charge in [-0.1, -0.05) is 6.92 Å². The van der Waals surface area contributed by atoms with Crippen LogP contribution in [0.25, 0.3) is 0 Å². The zero-order valence-corrected chi connectivity index (χ0v) is 10.9. The average Bonchev–Trinajstić information content (AvgIpc) is 2.38. The minimum absolute atomic E-state index is 0.137. The van der Waals surface area contributed by atoms with Crippen molar-refractivity contribution in [3.63, 3.8) is 0 Å². The zero-order valence-electron chi connectivity index (χ0n) is 10.9. The SMILES string of the molecule is CCC1COC(C)CN1c1cc(F)cc(CO)c1. The molecule has 0 amide bonds. The highest BCUT2D eigenvalue weighted by Gasteiger charge is 2.26. The van der Waals surface area contributed by atoms with Crippen molar-refractivity contribution in [2.45, 2.75) is 39.0 Å². The molecule has 3 nitrogen and oxygen atoms in total. The van der Waals surface area contributed by atoms with Crippen LogP contribution >= 0.6 is 0 Å². The van der Waals surface area contributed by atoms with Crippen LogP contribution in [0.4, 0.5) is 10.1 Å².